The Morgan fingerprint density at radius 3 is 2.68 bits per heavy atom. The molecule has 0 aliphatic carbocycles. The van der Waals surface area contributed by atoms with E-state index in [1.54, 1.807) is 30.5 Å². The first kappa shape index (κ1) is 20.4. The summed E-state index contributed by atoms with van der Waals surface area (Å²) in [4.78, 5) is 17.1. The van der Waals surface area contributed by atoms with Gasteiger partial charge in [0.05, 0.1) is 19.3 Å². The lowest BCUT2D eigenvalue weighted by Gasteiger charge is -2.10. The van der Waals surface area contributed by atoms with Crippen LogP contribution in [0.5, 0.6) is 5.75 Å². The van der Waals surface area contributed by atoms with Crippen molar-refractivity contribution in [2.75, 3.05) is 11.9 Å². The van der Waals surface area contributed by atoms with Crippen molar-refractivity contribution in [1.29, 1.82) is 0 Å². The van der Waals surface area contributed by atoms with Crippen molar-refractivity contribution in [1.82, 2.24) is 10.1 Å². The van der Waals surface area contributed by atoms with Crippen molar-refractivity contribution in [3.05, 3.63) is 83.9 Å². The lowest BCUT2D eigenvalue weighted by atomic mass is 10.1. The highest BCUT2D eigenvalue weighted by atomic mass is 16.5. The number of nitrogens with zero attached hydrogens (tertiary/aromatic N) is 2. The van der Waals surface area contributed by atoms with E-state index >= 15 is 0 Å². The van der Waals surface area contributed by atoms with E-state index in [9.17, 15) is 4.79 Å². The first-order chi connectivity index (χ1) is 15.2. The molecule has 2 aromatic carbocycles. The van der Waals surface area contributed by atoms with Crippen molar-refractivity contribution < 1.29 is 18.5 Å². The molecule has 0 radical (unpaired) electrons. The van der Waals surface area contributed by atoms with Gasteiger partial charge in [-0.1, -0.05) is 36.7 Å². The number of para-hydroxylation sites is 1. The molecular weight excluding hydrogens is 394 g/mol. The molecule has 31 heavy (non-hydrogen) atoms. The molecule has 0 saturated carbocycles. The summed E-state index contributed by atoms with van der Waals surface area (Å²) in [5.74, 6) is 1.92. The van der Waals surface area contributed by atoms with Crippen LogP contribution in [0, 0.1) is 0 Å². The van der Waals surface area contributed by atoms with Gasteiger partial charge >= 0.3 is 0 Å². The van der Waals surface area contributed by atoms with Gasteiger partial charge in [-0.25, -0.2) is 0 Å². The molecule has 0 fully saturated rings. The number of carbonyl (C=O) groups excluding carboxylic acids is 1. The highest BCUT2D eigenvalue weighted by Crippen LogP contribution is 2.22. The minimum absolute atomic E-state index is 0.200. The van der Waals surface area contributed by atoms with Crippen LogP contribution in [0.1, 0.15) is 41.6 Å². The quantitative estimate of drug-likeness (QED) is 0.369. The van der Waals surface area contributed by atoms with Gasteiger partial charge < -0.3 is 19.0 Å². The summed E-state index contributed by atoms with van der Waals surface area (Å²) in [5.41, 5.74) is 2.11. The van der Waals surface area contributed by atoms with Gasteiger partial charge in [-0.3, -0.25) is 4.79 Å². The number of hydrogen-bond acceptors (Lipinski definition) is 6. The minimum atomic E-state index is -0.200. The highest BCUT2D eigenvalue weighted by Gasteiger charge is 2.14. The van der Waals surface area contributed by atoms with Crippen molar-refractivity contribution >= 4 is 11.6 Å². The van der Waals surface area contributed by atoms with E-state index in [-0.39, 0.29) is 5.91 Å². The van der Waals surface area contributed by atoms with E-state index in [1.165, 1.54) is 0 Å². The van der Waals surface area contributed by atoms with E-state index in [4.69, 9.17) is 13.7 Å². The monoisotopic (exact) mass is 417 g/mol. The summed E-state index contributed by atoms with van der Waals surface area (Å²) >= 11 is 0. The molecule has 0 saturated heterocycles. The number of amides is 1. The summed E-state index contributed by atoms with van der Waals surface area (Å²) in [6, 6.07) is 18.2. The Kier molecular flexibility index (Phi) is 6.42. The third-order valence-corrected chi connectivity index (χ3v) is 4.70. The molecule has 0 atom stereocenters. The van der Waals surface area contributed by atoms with Crippen molar-refractivity contribution in [2.45, 2.75) is 26.2 Å². The Morgan fingerprint density at radius 1 is 1.06 bits per heavy atom. The molecule has 0 spiro atoms. The molecule has 7 nitrogen and oxygen atoms in total. The normalized spacial score (nSPS) is 10.7. The second kappa shape index (κ2) is 9.75. The number of benzene rings is 2. The summed E-state index contributed by atoms with van der Waals surface area (Å²) in [5, 5.41) is 6.91. The molecule has 0 aliphatic rings. The lowest BCUT2D eigenvalue weighted by Crippen LogP contribution is -2.13. The van der Waals surface area contributed by atoms with Gasteiger partial charge in [-0.15, -0.1) is 0 Å². The van der Waals surface area contributed by atoms with Gasteiger partial charge in [-0.05, 0) is 54.4 Å². The molecule has 2 aromatic heterocycles. The maximum atomic E-state index is 12.7. The molecule has 1 amide bonds. The van der Waals surface area contributed by atoms with Gasteiger partial charge in [0.2, 0.25) is 11.7 Å². The zero-order valence-corrected chi connectivity index (χ0v) is 17.2. The zero-order valence-electron chi connectivity index (χ0n) is 17.2. The first-order valence-corrected chi connectivity index (χ1v) is 10.2. The van der Waals surface area contributed by atoms with Crippen molar-refractivity contribution in [3.63, 3.8) is 0 Å². The van der Waals surface area contributed by atoms with E-state index in [1.807, 2.05) is 36.4 Å². The zero-order chi connectivity index (χ0) is 21.5. The van der Waals surface area contributed by atoms with Crippen LogP contribution in [0.25, 0.3) is 11.6 Å². The van der Waals surface area contributed by atoms with Gasteiger partial charge in [0.15, 0.2) is 5.76 Å². The van der Waals surface area contributed by atoms with Crippen LogP contribution in [-0.4, -0.2) is 22.7 Å². The van der Waals surface area contributed by atoms with Crippen molar-refractivity contribution in [2.24, 2.45) is 0 Å². The third kappa shape index (κ3) is 5.19. The molecule has 0 unspecified atom stereocenters. The number of furan rings is 1. The average Bonchev–Trinajstić information content (AvgIpc) is 3.48. The summed E-state index contributed by atoms with van der Waals surface area (Å²) in [7, 11) is 0. The smallest absolute Gasteiger partial charge is 0.255 e. The first-order valence-electron chi connectivity index (χ1n) is 10.2. The maximum Gasteiger partial charge on any atom is 0.255 e. The Bertz CT molecular complexity index is 1120. The van der Waals surface area contributed by atoms with Crippen molar-refractivity contribution in [3.8, 4) is 17.3 Å². The molecule has 0 aliphatic heterocycles. The summed E-state index contributed by atoms with van der Waals surface area (Å²) in [6.45, 7) is 2.79. The molecule has 4 aromatic rings. The van der Waals surface area contributed by atoms with E-state index < -0.39 is 0 Å². The fourth-order valence-corrected chi connectivity index (χ4v) is 3.02. The van der Waals surface area contributed by atoms with Crippen LogP contribution >= 0.6 is 0 Å². The van der Waals surface area contributed by atoms with Gasteiger partial charge in [-0.2, -0.15) is 4.98 Å². The van der Waals surface area contributed by atoms with Crippen LogP contribution in [0.15, 0.2) is 75.9 Å². The maximum absolute atomic E-state index is 12.7. The van der Waals surface area contributed by atoms with E-state index in [2.05, 4.69) is 22.4 Å². The van der Waals surface area contributed by atoms with Crippen LogP contribution in [0.4, 0.5) is 5.69 Å². The summed E-state index contributed by atoms with van der Waals surface area (Å²) < 4.78 is 16.3. The predicted molar refractivity (Wildman–Crippen MR) is 116 cm³/mol. The van der Waals surface area contributed by atoms with Crippen LogP contribution in [0.3, 0.4) is 0 Å². The number of carbonyl (C=O) groups is 1. The van der Waals surface area contributed by atoms with Crippen LogP contribution in [0.2, 0.25) is 0 Å². The number of nitrogens with one attached hydrogen (secondary N) is 1. The number of unbranched alkanes of at least 4 members (excludes halogenated alkanes) is 1. The minimum Gasteiger partial charge on any atom is -0.494 e. The Morgan fingerprint density at radius 2 is 1.90 bits per heavy atom. The largest absolute Gasteiger partial charge is 0.494 e. The second-order valence-electron chi connectivity index (χ2n) is 7.00. The Balaban J connectivity index is 1.43. The standard InChI is InChI=1S/C24H23N3O4/c1-2-3-14-29-19-12-10-17(11-13-19)24(28)25-20-8-5-4-7-18(20)16-22-26-23(27-31-22)21-9-6-15-30-21/h4-13,15H,2-3,14,16H2,1H3,(H,25,28). The average molecular weight is 417 g/mol. The fraction of sp³-hybridized carbons (Fsp3) is 0.208. The molecule has 0 bridgehead atoms. The van der Waals surface area contributed by atoms with Gasteiger partial charge in [0.25, 0.3) is 5.91 Å². The molecule has 158 valence electrons. The van der Waals surface area contributed by atoms with Crippen LogP contribution < -0.4 is 10.1 Å². The molecule has 4 rings (SSSR count). The molecule has 7 heteroatoms. The Hall–Kier alpha value is -3.87. The lowest BCUT2D eigenvalue weighted by molar-refractivity contribution is 0.102. The molecule has 2 heterocycles. The van der Waals surface area contributed by atoms with E-state index in [0.717, 1.165) is 24.2 Å². The molecule has 1 N–H and O–H groups in total. The third-order valence-electron chi connectivity index (χ3n) is 4.70. The fourth-order valence-electron chi connectivity index (χ4n) is 3.02. The topological polar surface area (TPSA) is 90.4 Å². The SMILES string of the molecule is CCCCOc1ccc(C(=O)Nc2ccccc2Cc2nc(-c3ccco3)no2)cc1. The number of aromatic nitrogens is 2. The number of rotatable bonds is 9. The second-order valence-corrected chi connectivity index (χ2v) is 7.00. The number of anilines is 1. The Labute approximate surface area is 180 Å². The highest BCUT2D eigenvalue weighted by molar-refractivity contribution is 6.04. The van der Waals surface area contributed by atoms with E-state index in [0.29, 0.717) is 41.8 Å². The predicted octanol–water partition coefficient (Wildman–Crippen LogP) is 5.35. The number of ether oxygens (including phenoxy) is 1. The van der Waals surface area contributed by atoms with Gasteiger partial charge in [0.1, 0.15) is 5.75 Å². The number of hydrogen-bond donors (Lipinski definition) is 1. The van der Waals surface area contributed by atoms with Gasteiger partial charge in [0, 0.05) is 11.3 Å². The summed E-state index contributed by atoms with van der Waals surface area (Å²) in [6.07, 6.45) is 4.02. The molecular formula is C24H23N3O4. The van der Waals surface area contributed by atoms with Crippen LogP contribution in [-0.2, 0) is 6.42 Å².